The predicted molar refractivity (Wildman–Crippen MR) is 33.2 cm³/mol. The molecule has 0 unspecified atom stereocenters. The maximum Gasteiger partial charge on any atom is 0.157 e. The highest BCUT2D eigenvalue weighted by Crippen LogP contribution is 2.17. The number of rotatable bonds is 1. The Bertz CT molecular complexity index is 95.9. The fraction of sp³-hybridized carbons (Fsp3) is 1.00. The first-order valence-electron chi connectivity index (χ1n) is 3.35. The molecule has 1 fully saturated rings. The van der Waals surface area contributed by atoms with E-state index in [0.717, 1.165) is 0 Å². The lowest BCUT2D eigenvalue weighted by Gasteiger charge is -2.28. The molecule has 1 saturated heterocycles. The summed E-state index contributed by atoms with van der Waals surface area (Å²) in [5, 5.41) is 26.5. The number of hydrogen-bond acceptors (Lipinski definition) is 4. The van der Waals surface area contributed by atoms with Crippen LogP contribution in [0.15, 0.2) is 0 Å². The lowest BCUT2D eigenvalue weighted by atomic mass is 10.1. The van der Waals surface area contributed by atoms with E-state index in [4.69, 9.17) is 20.1 Å². The molecule has 1 aliphatic rings. The fourth-order valence-electron chi connectivity index (χ4n) is 1.08. The first kappa shape index (κ1) is 7.94. The van der Waals surface area contributed by atoms with Crippen LogP contribution in [0.3, 0.4) is 0 Å². The highest BCUT2D eigenvalue weighted by atomic mass is 16.6. The average molecular weight is 148 g/mol. The minimum Gasteiger partial charge on any atom is -0.394 e. The highest BCUT2D eigenvalue weighted by molar-refractivity contribution is 4.71. The van der Waals surface area contributed by atoms with Gasteiger partial charge in [0.1, 0.15) is 0 Å². The SMILES string of the molecule is OC[C@@H]1C[C@@H](O)C[C@H](O)O1. The highest BCUT2D eigenvalue weighted by Gasteiger charge is 2.25. The largest absolute Gasteiger partial charge is 0.394 e. The van der Waals surface area contributed by atoms with Gasteiger partial charge in [0.05, 0.1) is 18.8 Å². The molecule has 0 spiro atoms. The second-order valence-electron chi connectivity index (χ2n) is 2.52. The van der Waals surface area contributed by atoms with Crippen LogP contribution in [0.5, 0.6) is 0 Å². The van der Waals surface area contributed by atoms with Gasteiger partial charge in [-0.2, -0.15) is 0 Å². The van der Waals surface area contributed by atoms with Crippen LogP contribution in [0.25, 0.3) is 0 Å². The van der Waals surface area contributed by atoms with Crippen LogP contribution in [0.2, 0.25) is 0 Å². The van der Waals surface area contributed by atoms with E-state index in [1.807, 2.05) is 0 Å². The van der Waals surface area contributed by atoms with Gasteiger partial charge in [-0.25, -0.2) is 0 Å². The van der Waals surface area contributed by atoms with E-state index in [9.17, 15) is 0 Å². The summed E-state index contributed by atoms with van der Waals surface area (Å²) >= 11 is 0. The monoisotopic (exact) mass is 148 g/mol. The molecule has 0 aromatic carbocycles. The van der Waals surface area contributed by atoms with Crippen LogP contribution in [0.1, 0.15) is 12.8 Å². The van der Waals surface area contributed by atoms with E-state index in [0.29, 0.717) is 6.42 Å². The summed E-state index contributed by atoms with van der Waals surface area (Å²) in [6.07, 6.45) is -1.20. The van der Waals surface area contributed by atoms with Gasteiger partial charge in [-0.05, 0) is 0 Å². The molecule has 0 aromatic rings. The zero-order valence-corrected chi connectivity index (χ0v) is 5.60. The zero-order valence-electron chi connectivity index (χ0n) is 5.60. The van der Waals surface area contributed by atoms with Crippen molar-refractivity contribution in [3.05, 3.63) is 0 Å². The third kappa shape index (κ3) is 1.91. The van der Waals surface area contributed by atoms with E-state index in [-0.39, 0.29) is 13.0 Å². The van der Waals surface area contributed by atoms with Crippen molar-refractivity contribution in [2.24, 2.45) is 0 Å². The Morgan fingerprint density at radius 2 is 2.00 bits per heavy atom. The Balaban J connectivity index is 2.35. The molecule has 0 bridgehead atoms. The zero-order chi connectivity index (χ0) is 7.56. The lowest BCUT2D eigenvalue weighted by Crippen LogP contribution is -2.37. The van der Waals surface area contributed by atoms with Crippen molar-refractivity contribution in [3.8, 4) is 0 Å². The smallest absolute Gasteiger partial charge is 0.157 e. The van der Waals surface area contributed by atoms with Gasteiger partial charge < -0.3 is 20.1 Å². The summed E-state index contributed by atoms with van der Waals surface area (Å²) in [7, 11) is 0. The molecule has 3 N–H and O–H groups in total. The number of aliphatic hydroxyl groups is 3. The van der Waals surface area contributed by atoms with Crippen molar-refractivity contribution >= 4 is 0 Å². The van der Waals surface area contributed by atoms with Crippen molar-refractivity contribution in [1.82, 2.24) is 0 Å². The summed E-state index contributed by atoms with van der Waals surface area (Å²) in [5.74, 6) is 0. The normalized spacial score (nSPS) is 41.7. The van der Waals surface area contributed by atoms with E-state index >= 15 is 0 Å². The van der Waals surface area contributed by atoms with E-state index < -0.39 is 18.5 Å². The quantitative estimate of drug-likeness (QED) is 0.438. The van der Waals surface area contributed by atoms with Gasteiger partial charge in [0, 0.05) is 12.8 Å². The van der Waals surface area contributed by atoms with Crippen molar-refractivity contribution in [2.75, 3.05) is 6.61 Å². The summed E-state index contributed by atoms with van der Waals surface area (Å²) in [5.41, 5.74) is 0. The van der Waals surface area contributed by atoms with Crippen LogP contribution in [-0.2, 0) is 4.74 Å². The van der Waals surface area contributed by atoms with Crippen molar-refractivity contribution in [1.29, 1.82) is 0 Å². The third-order valence-corrected chi connectivity index (χ3v) is 1.56. The fourth-order valence-corrected chi connectivity index (χ4v) is 1.08. The molecular weight excluding hydrogens is 136 g/mol. The Kier molecular flexibility index (Phi) is 2.62. The maximum absolute atomic E-state index is 9.03. The molecule has 3 atom stereocenters. The predicted octanol–water partition coefficient (Wildman–Crippen LogP) is -1.16. The van der Waals surface area contributed by atoms with Gasteiger partial charge >= 0.3 is 0 Å². The van der Waals surface area contributed by atoms with Gasteiger partial charge in [0.25, 0.3) is 0 Å². The second kappa shape index (κ2) is 3.30. The van der Waals surface area contributed by atoms with E-state index in [1.54, 1.807) is 0 Å². The molecule has 0 radical (unpaired) electrons. The molecule has 0 aliphatic carbocycles. The van der Waals surface area contributed by atoms with Crippen molar-refractivity contribution < 1.29 is 20.1 Å². The summed E-state index contributed by atoms with van der Waals surface area (Å²) in [4.78, 5) is 0. The minimum absolute atomic E-state index is 0.145. The van der Waals surface area contributed by atoms with Crippen LogP contribution in [0, 0.1) is 0 Å². The molecule has 1 heterocycles. The van der Waals surface area contributed by atoms with Crippen molar-refractivity contribution in [2.45, 2.75) is 31.3 Å². The number of ether oxygens (including phenoxy) is 1. The Morgan fingerprint density at radius 3 is 2.50 bits per heavy atom. The van der Waals surface area contributed by atoms with Gasteiger partial charge in [0.2, 0.25) is 0 Å². The van der Waals surface area contributed by atoms with Crippen LogP contribution in [0.4, 0.5) is 0 Å². The molecular formula is C6H12O4. The molecule has 4 heteroatoms. The first-order chi connectivity index (χ1) is 4.72. The molecule has 4 nitrogen and oxygen atoms in total. The van der Waals surface area contributed by atoms with Gasteiger partial charge in [0.15, 0.2) is 6.29 Å². The molecule has 10 heavy (non-hydrogen) atoms. The van der Waals surface area contributed by atoms with Gasteiger partial charge in [-0.15, -0.1) is 0 Å². The van der Waals surface area contributed by atoms with Crippen molar-refractivity contribution in [3.63, 3.8) is 0 Å². The molecule has 1 rings (SSSR count). The lowest BCUT2D eigenvalue weighted by molar-refractivity contribution is -0.197. The first-order valence-corrected chi connectivity index (χ1v) is 3.35. The van der Waals surface area contributed by atoms with Gasteiger partial charge in [-0.3, -0.25) is 0 Å². The third-order valence-electron chi connectivity index (χ3n) is 1.56. The van der Waals surface area contributed by atoms with Crippen LogP contribution >= 0.6 is 0 Å². The molecule has 0 amide bonds. The standard InChI is InChI=1S/C6H12O4/c7-3-5-1-4(8)2-6(9)10-5/h4-9H,1-3H2/t4-,5+,6-/m1/s1. The topological polar surface area (TPSA) is 69.9 Å². The Hall–Kier alpha value is -0.160. The second-order valence-corrected chi connectivity index (χ2v) is 2.52. The molecule has 0 aromatic heterocycles. The summed E-state index contributed by atoms with van der Waals surface area (Å²) < 4.78 is 4.85. The van der Waals surface area contributed by atoms with E-state index in [1.165, 1.54) is 0 Å². The Labute approximate surface area is 59.1 Å². The minimum atomic E-state index is -0.916. The molecule has 0 saturated carbocycles. The molecule has 60 valence electrons. The van der Waals surface area contributed by atoms with Crippen LogP contribution < -0.4 is 0 Å². The average Bonchev–Trinajstić information content (AvgIpc) is 1.85. The Morgan fingerprint density at radius 1 is 1.30 bits per heavy atom. The molecule has 1 aliphatic heterocycles. The summed E-state index contributed by atoms with van der Waals surface area (Å²) in [6, 6.07) is 0. The van der Waals surface area contributed by atoms with E-state index in [2.05, 4.69) is 0 Å². The van der Waals surface area contributed by atoms with Gasteiger partial charge in [-0.1, -0.05) is 0 Å². The number of aliphatic hydroxyl groups excluding tert-OH is 3. The maximum atomic E-state index is 9.03. The van der Waals surface area contributed by atoms with Crippen LogP contribution in [-0.4, -0.2) is 40.4 Å². The number of hydrogen-bond donors (Lipinski definition) is 3. The summed E-state index contributed by atoms with van der Waals surface area (Å²) in [6.45, 7) is -0.145.